The first-order valence-corrected chi connectivity index (χ1v) is 7.38. The van der Waals surface area contributed by atoms with Gasteiger partial charge in [0.1, 0.15) is 11.7 Å². The molecule has 0 saturated carbocycles. The Bertz CT molecular complexity index is 691. The van der Waals surface area contributed by atoms with Crippen molar-refractivity contribution in [3.05, 3.63) is 30.1 Å². The van der Waals surface area contributed by atoms with E-state index in [4.69, 9.17) is 5.11 Å². The molecule has 1 heterocycles. The Labute approximate surface area is 129 Å². The van der Waals surface area contributed by atoms with Crippen molar-refractivity contribution in [3.63, 3.8) is 0 Å². The first-order valence-electron chi connectivity index (χ1n) is 7.38. The van der Waals surface area contributed by atoms with Gasteiger partial charge in [0.05, 0.1) is 11.0 Å². The third-order valence-electron chi connectivity index (χ3n) is 3.60. The van der Waals surface area contributed by atoms with Gasteiger partial charge in [0.25, 0.3) is 0 Å². The van der Waals surface area contributed by atoms with E-state index in [1.54, 1.807) is 0 Å². The van der Waals surface area contributed by atoms with Crippen molar-refractivity contribution in [2.75, 3.05) is 6.54 Å². The Kier molecular flexibility index (Phi) is 4.80. The molecule has 6 nitrogen and oxygen atoms in total. The average molecular weight is 303 g/mol. The number of benzene rings is 1. The van der Waals surface area contributed by atoms with E-state index in [0.29, 0.717) is 13.0 Å². The zero-order valence-corrected chi connectivity index (χ0v) is 13.0. The van der Waals surface area contributed by atoms with Crippen LogP contribution in [-0.4, -0.2) is 33.1 Å². The highest BCUT2D eigenvalue weighted by Crippen LogP contribution is 2.20. The minimum atomic E-state index is -1.12. The predicted molar refractivity (Wildman–Crippen MR) is 83.6 cm³/mol. The van der Waals surface area contributed by atoms with Crippen molar-refractivity contribution >= 4 is 22.9 Å². The van der Waals surface area contributed by atoms with Crippen LogP contribution in [-0.2, 0) is 16.0 Å². The Morgan fingerprint density at radius 3 is 2.59 bits per heavy atom. The number of imidazole rings is 1. The van der Waals surface area contributed by atoms with Crippen LogP contribution in [0, 0.1) is 5.92 Å². The number of carbonyl (C=O) groups is 2. The van der Waals surface area contributed by atoms with Crippen molar-refractivity contribution in [3.8, 4) is 0 Å². The number of aliphatic carboxylic acids is 1. The summed E-state index contributed by atoms with van der Waals surface area (Å²) in [6, 6.07) is 8.17. The highest BCUT2D eigenvalue weighted by molar-refractivity contribution is 5.96. The molecule has 0 radical (unpaired) electrons. The molecule has 1 aromatic heterocycles. The lowest BCUT2D eigenvalue weighted by molar-refractivity contribution is -0.146. The fourth-order valence-electron chi connectivity index (χ4n) is 2.41. The summed E-state index contributed by atoms with van der Waals surface area (Å²) in [5.41, 5.74) is 1.99. The van der Waals surface area contributed by atoms with Crippen molar-refractivity contribution in [2.45, 2.75) is 33.2 Å². The molecule has 0 aliphatic rings. The minimum Gasteiger partial charge on any atom is -0.481 e. The Morgan fingerprint density at radius 2 is 1.95 bits per heavy atom. The summed E-state index contributed by atoms with van der Waals surface area (Å²) in [4.78, 5) is 27.0. The fourth-order valence-corrected chi connectivity index (χ4v) is 2.41. The molecular formula is C16H21N3O3. The molecular weight excluding hydrogens is 282 g/mol. The number of aromatic nitrogens is 2. The smallest absolute Gasteiger partial charge is 0.315 e. The van der Waals surface area contributed by atoms with Crippen molar-refractivity contribution in [1.82, 2.24) is 14.9 Å². The van der Waals surface area contributed by atoms with Crippen LogP contribution in [0.1, 0.15) is 32.6 Å². The fraction of sp³-hybridized carbons (Fsp3) is 0.438. The second-order valence-corrected chi connectivity index (χ2v) is 5.58. The SMILES string of the molecule is CC(C(=O)O)C(=O)NCCc1nc2ccccc2n1C(C)C. The molecule has 0 spiro atoms. The Morgan fingerprint density at radius 1 is 1.27 bits per heavy atom. The molecule has 0 aliphatic carbocycles. The molecule has 2 N–H and O–H groups in total. The van der Waals surface area contributed by atoms with Gasteiger partial charge in [-0.3, -0.25) is 9.59 Å². The van der Waals surface area contributed by atoms with Gasteiger partial charge >= 0.3 is 5.97 Å². The quantitative estimate of drug-likeness (QED) is 0.799. The second kappa shape index (κ2) is 6.60. The molecule has 0 saturated heterocycles. The highest BCUT2D eigenvalue weighted by atomic mass is 16.4. The van der Waals surface area contributed by atoms with Crippen LogP contribution >= 0.6 is 0 Å². The summed E-state index contributed by atoms with van der Waals surface area (Å²) < 4.78 is 2.14. The largest absolute Gasteiger partial charge is 0.481 e. The minimum absolute atomic E-state index is 0.260. The van der Waals surface area contributed by atoms with Crippen LogP contribution < -0.4 is 5.32 Å². The lowest BCUT2D eigenvalue weighted by Gasteiger charge is -2.13. The van der Waals surface area contributed by atoms with Crippen molar-refractivity contribution < 1.29 is 14.7 Å². The first kappa shape index (κ1) is 16.0. The van der Waals surface area contributed by atoms with Crippen LogP contribution in [0.2, 0.25) is 0 Å². The average Bonchev–Trinajstić information content (AvgIpc) is 2.84. The van der Waals surface area contributed by atoms with Crippen LogP contribution in [0.25, 0.3) is 11.0 Å². The van der Waals surface area contributed by atoms with Gasteiger partial charge in [0, 0.05) is 19.0 Å². The van der Waals surface area contributed by atoms with E-state index < -0.39 is 17.8 Å². The van der Waals surface area contributed by atoms with Crippen molar-refractivity contribution in [1.29, 1.82) is 0 Å². The van der Waals surface area contributed by atoms with Gasteiger partial charge in [-0.15, -0.1) is 0 Å². The predicted octanol–water partition coefficient (Wildman–Crippen LogP) is 2.00. The molecule has 1 aromatic carbocycles. The molecule has 1 atom stereocenters. The normalized spacial score (nSPS) is 12.5. The zero-order chi connectivity index (χ0) is 16.3. The van der Waals surface area contributed by atoms with E-state index >= 15 is 0 Å². The van der Waals surface area contributed by atoms with E-state index in [1.165, 1.54) is 6.92 Å². The molecule has 1 unspecified atom stereocenters. The maximum Gasteiger partial charge on any atom is 0.315 e. The molecule has 0 bridgehead atoms. The molecule has 118 valence electrons. The van der Waals surface area contributed by atoms with Gasteiger partial charge in [-0.1, -0.05) is 12.1 Å². The van der Waals surface area contributed by atoms with E-state index in [0.717, 1.165) is 16.9 Å². The molecule has 1 amide bonds. The van der Waals surface area contributed by atoms with Gasteiger partial charge in [-0.05, 0) is 32.9 Å². The number of carbonyl (C=O) groups excluding carboxylic acids is 1. The van der Waals surface area contributed by atoms with Crippen LogP contribution in [0.3, 0.4) is 0 Å². The van der Waals surface area contributed by atoms with Gasteiger partial charge in [0.2, 0.25) is 5.91 Å². The number of carboxylic acids is 1. The second-order valence-electron chi connectivity index (χ2n) is 5.58. The third-order valence-corrected chi connectivity index (χ3v) is 3.60. The van der Waals surface area contributed by atoms with Gasteiger partial charge < -0.3 is 15.0 Å². The number of nitrogens with one attached hydrogen (secondary N) is 1. The number of fused-ring (bicyclic) bond motifs is 1. The lowest BCUT2D eigenvalue weighted by atomic mass is 10.2. The molecule has 2 rings (SSSR count). The van der Waals surface area contributed by atoms with Gasteiger partial charge in [-0.25, -0.2) is 4.98 Å². The monoisotopic (exact) mass is 303 g/mol. The summed E-state index contributed by atoms with van der Waals surface area (Å²) in [5, 5.41) is 11.5. The lowest BCUT2D eigenvalue weighted by Crippen LogP contribution is -2.35. The molecule has 6 heteroatoms. The summed E-state index contributed by atoms with van der Waals surface area (Å²) in [6.45, 7) is 5.92. The highest BCUT2D eigenvalue weighted by Gasteiger charge is 2.20. The third kappa shape index (κ3) is 3.27. The van der Waals surface area contributed by atoms with Gasteiger partial charge in [-0.2, -0.15) is 0 Å². The molecule has 0 aliphatic heterocycles. The van der Waals surface area contributed by atoms with Crippen LogP contribution in [0.5, 0.6) is 0 Å². The maximum absolute atomic E-state index is 11.6. The summed E-state index contributed by atoms with van der Waals surface area (Å²) in [6.07, 6.45) is 0.560. The Hall–Kier alpha value is -2.37. The molecule has 22 heavy (non-hydrogen) atoms. The van der Waals surface area contributed by atoms with Crippen LogP contribution in [0.15, 0.2) is 24.3 Å². The van der Waals surface area contributed by atoms with E-state index in [-0.39, 0.29) is 6.04 Å². The number of para-hydroxylation sites is 2. The number of hydrogen-bond donors (Lipinski definition) is 2. The maximum atomic E-state index is 11.6. The first-order chi connectivity index (χ1) is 10.4. The Balaban J connectivity index is 2.10. The number of nitrogens with zero attached hydrogens (tertiary/aromatic N) is 2. The van der Waals surface area contributed by atoms with E-state index in [2.05, 4.69) is 28.7 Å². The topological polar surface area (TPSA) is 84.2 Å². The summed E-state index contributed by atoms with van der Waals surface area (Å²) in [5.74, 6) is -1.74. The van der Waals surface area contributed by atoms with E-state index in [1.807, 2.05) is 24.3 Å². The standard InChI is InChI=1S/C16H21N3O3/c1-10(2)19-13-7-5-4-6-12(13)18-14(19)8-9-17-15(20)11(3)16(21)22/h4-7,10-11H,8-9H2,1-3H3,(H,17,20)(H,21,22). The number of amides is 1. The number of rotatable bonds is 6. The van der Waals surface area contributed by atoms with Gasteiger partial charge in [0.15, 0.2) is 0 Å². The van der Waals surface area contributed by atoms with E-state index in [9.17, 15) is 9.59 Å². The number of carboxylic acid groups (broad SMARTS) is 1. The summed E-state index contributed by atoms with van der Waals surface area (Å²) in [7, 11) is 0. The zero-order valence-electron chi connectivity index (χ0n) is 13.0. The summed E-state index contributed by atoms with van der Waals surface area (Å²) >= 11 is 0. The van der Waals surface area contributed by atoms with Crippen molar-refractivity contribution in [2.24, 2.45) is 5.92 Å². The molecule has 0 fully saturated rings. The van der Waals surface area contributed by atoms with Crippen LogP contribution in [0.4, 0.5) is 0 Å². The molecule has 2 aromatic rings. The number of hydrogen-bond acceptors (Lipinski definition) is 3.